The Hall–Kier alpha value is -0.650. The Kier molecular flexibility index (Phi) is 10.1. The zero-order valence-electron chi connectivity index (χ0n) is 11.7. The fourth-order valence-electron chi connectivity index (χ4n) is 1.51. The van der Waals surface area contributed by atoms with Gasteiger partial charge in [-0.05, 0) is 20.9 Å². The van der Waals surface area contributed by atoms with Gasteiger partial charge in [0, 0.05) is 39.8 Å². The van der Waals surface area contributed by atoms with Crippen molar-refractivity contribution in [1.29, 1.82) is 0 Å². The van der Waals surface area contributed by atoms with Crippen molar-refractivity contribution in [1.82, 2.24) is 15.1 Å². The molecule has 0 bridgehead atoms. The number of amides is 1. The summed E-state index contributed by atoms with van der Waals surface area (Å²) in [7, 11) is 3.75. The monoisotopic (exact) mass is 245 g/mol. The number of carbonyl (C=O) groups excluding carboxylic acids is 1. The Morgan fingerprint density at radius 1 is 1.24 bits per heavy atom. The lowest BCUT2D eigenvalue weighted by atomic mass is 10.4. The molecule has 0 saturated heterocycles. The molecule has 0 aliphatic heterocycles. The van der Waals surface area contributed by atoms with Crippen LogP contribution in [0, 0.1) is 0 Å². The Labute approximate surface area is 105 Å². The molecule has 0 aromatic heterocycles. The number of hydrogen-bond donors (Lipinski definition) is 1. The number of rotatable bonds is 10. The van der Waals surface area contributed by atoms with Crippen LogP contribution in [0.2, 0.25) is 0 Å². The van der Waals surface area contributed by atoms with Crippen LogP contribution in [0.5, 0.6) is 0 Å². The fraction of sp³-hybridized carbons (Fsp3) is 0.917. The smallest absolute Gasteiger partial charge is 0.236 e. The number of likely N-dealkylation sites (N-methyl/N-ethyl adjacent to an activating group) is 2. The molecule has 0 heterocycles. The molecule has 0 aromatic rings. The molecule has 0 rings (SSSR count). The Morgan fingerprint density at radius 3 is 2.41 bits per heavy atom. The highest BCUT2D eigenvalue weighted by Gasteiger charge is 2.08. The average Bonchev–Trinajstić information content (AvgIpc) is 2.33. The van der Waals surface area contributed by atoms with E-state index >= 15 is 0 Å². The van der Waals surface area contributed by atoms with Gasteiger partial charge in [0.2, 0.25) is 5.91 Å². The largest absolute Gasteiger partial charge is 0.383 e. The quantitative estimate of drug-likeness (QED) is 0.551. The standard InChI is InChI=1S/C12H27N3O2/c1-5-15(6-2)12(16)11-13-7-8-14(3)9-10-17-4/h13H,5-11H2,1-4H3. The van der Waals surface area contributed by atoms with E-state index in [-0.39, 0.29) is 5.91 Å². The van der Waals surface area contributed by atoms with Crippen molar-refractivity contribution < 1.29 is 9.53 Å². The third kappa shape index (κ3) is 8.12. The van der Waals surface area contributed by atoms with Gasteiger partial charge in [-0.1, -0.05) is 0 Å². The van der Waals surface area contributed by atoms with Crippen molar-refractivity contribution in [2.75, 3.05) is 60.0 Å². The van der Waals surface area contributed by atoms with Crippen molar-refractivity contribution in [2.24, 2.45) is 0 Å². The molecular weight excluding hydrogens is 218 g/mol. The van der Waals surface area contributed by atoms with Gasteiger partial charge >= 0.3 is 0 Å². The van der Waals surface area contributed by atoms with Crippen LogP contribution in [0.1, 0.15) is 13.8 Å². The summed E-state index contributed by atoms with van der Waals surface area (Å²) in [6.07, 6.45) is 0. The second-order valence-corrected chi connectivity index (χ2v) is 4.04. The maximum absolute atomic E-state index is 11.7. The van der Waals surface area contributed by atoms with E-state index in [0.717, 1.165) is 39.3 Å². The number of nitrogens with zero attached hydrogens (tertiary/aromatic N) is 2. The number of ether oxygens (including phenoxy) is 1. The highest BCUT2D eigenvalue weighted by molar-refractivity contribution is 5.78. The van der Waals surface area contributed by atoms with Crippen LogP contribution >= 0.6 is 0 Å². The van der Waals surface area contributed by atoms with E-state index in [1.165, 1.54) is 0 Å². The highest BCUT2D eigenvalue weighted by Crippen LogP contribution is 1.87. The van der Waals surface area contributed by atoms with Gasteiger partial charge in [0.15, 0.2) is 0 Å². The molecule has 0 radical (unpaired) electrons. The van der Waals surface area contributed by atoms with Gasteiger partial charge in [0.1, 0.15) is 0 Å². The molecule has 0 fully saturated rings. The van der Waals surface area contributed by atoms with Crippen LogP contribution in [-0.2, 0) is 9.53 Å². The van der Waals surface area contributed by atoms with Gasteiger partial charge < -0.3 is 19.9 Å². The zero-order chi connectivity index (χ0) is 13.1. The molecule has 0 spiro atoms. The second-order valence-electron chi connectivity index (χ2n) is 4.04. The first-order chi connectivity index (χ1) is 8.15. The lowest BCUT2D eigenvalue weighted by Gasteiger charge is -2.20. The topological polar surface area (TPSA) is 44.8 Å². The van der Waals surface area contributed by atoms with Gasteiger partial charge in [-0.3, -0.25) is 4.79 Å². The summed E-state index contributed by atoms with van der Waals surface area (Å²) in [5.74, 6) is 0.176. The van der Waals surface area contributed by atoms with E-state index in [1.807, 2.05) is 25.8 Å². The minimum Gasteiger partial charge on any atom is -0.383 e. The summed E-state index contributed by atoms with van der Waals surface area (Å²) < 4.78 is 4.99. The second kappa shape index (κ2) is 10.5. The van der Waals surface area contributed by atoms with Crippen LogP contribution in [0.25, 0.3) is 0 Å². The molecule has 0 saturated carbocycles. The summed E-state index contributed by atoms with van der Waals surface area (Å²) in [5, 5.41) is 3.17. The summed E-state index contributed by atoms with van der Waals surface area (Å²) in [6, 6.07) is 0. The van der Waals surface area contributed by atoms with Crippen molar-refractivity contribution in [2.45, 2.75) is 13.8 Å². The predicted octanol–water partition coefficient (Wildman–Crippen LogP) is 0.0226. The van der Waals surface area contributed by atoms with Crippen LogP contribution in [0.3, 0.4) is 0 Å². The van der Waals surface area contributed by atoms with Gasteiger partial charge in [-0.15, -0.1) is 0 Å². The minimum atomic E-state index is 0.176. The van der Waals surface area contributed by atoms with Crippen molar-refractivity contribution >= 4 is 5.91 Å². The summed E-state index contributed by atoms with van der Waals surface area (Å²) in [5.41, 5.74) is 0. The maximum Gasteiger partial charge on any atom is 0.236 e. The molecule has 1 amide bonds. The number of methoxy groups -OCH3 is 1. The minimum absolute atomic E-state index is 0.176. The third-order valence-electron chi connectivity index (χ3n) is 2.74. The van der Waals surface area contributed by atoms with Crippen LogP contribution in [0.4, 0.5) is 0 Å². The number of hydrogen-bond acceptors (Lipinski definition) is 4. The van der Waals surface area contributed by atoms with Crippen LogP contribution < -0.4 is 5.32 Å². The van der Waals surface area contributed by atoms with E-state index in [1.54, 1.807) is 7.11 Å². The molecule has 102 valence electrons. The molecule has 0 aromatic carbocycles. The van der Waals surface area contributed by atoms with Gasteiger partial charge in [-0.25, -0.2) is 0 Å². The van der Waals surface area contributed by atoms with Crippen LogP contribution in [-0.4, -0.2) is 75.7 Å². The van der Waals surface area contributed by atoms with Gasteiger partial charge in [-0.2, -0.15) is 0 Å². The Balaban J connectivity index is 3.53. The first-order valence-electron chi connectivity index (χ1n) is 6.31. The molecule has 0 atom stereocenters. The molecule has 5 nitrogen and oxygen atoms in total. The SMILES string of the molecule is CCN(CC)C(=O)CNCCN(C)CCOC. The third-order valence-corrected chi connectivity index (χ3v) is 2.74. The van der Waals surface area contributed by atoms with E-state index in [0.29, 0.717) is 6.54 Å². The van der Waals surface area contributed by atoms with E-state index < -0.39 is 0 Å². The normalized spacial score (nSPS) is 10.9. The molecule has 5 heteroatoms. The van der Waals surface area contributed by atoms with E-state index in [4.69, 9.17) is 4.74 Å². The van der Waals surface area contributed by atoms with Crippen LogP contribution in [0.15, 0.2) is 0 Å². The molecule has 1 N–H and O–H groups in total. The maximum atomic E-state index is 11.7. The first kappa shape index (κ1) is 16.4. The Bertz CT molecular complexity index is 196. The molecule has 0 unspecified atom stereocenters. The summed E-state index contributed by atoms with van der Waals surface area (Å²) in [4.78, 5) is 15.7. The van der Waals surface area contributed by atoms with Crippen molar-refractivity contribution in [3.63, 3.8) is 0 Å². The Morgan fingerprint density at radius 2 is 1.88 bits per heavy atom. The lowest BCUT2D eigenvalue weighted by molar-refractivity contribution is -0.129. The zero-order valence-corrected chi connectivity index (χ0v) is 11.7. The molecule has 0 aliphatic carbocycles. The summed E-state index contributed by atoms with van der Waals surface area (Å²) in [6.45, 7) is 9.41. The molecular formula is C12H27N3O2. The van der Waals surface area contributed by atoms with Gasteiger partial charge in [0.05, 0.1) is 13.2 Å². The fourth-order valence-corrected chi connectivity index (χ4v) is 1.51. The van der Waals surface area contributed by atoms with E-state index in [2.05, 4.69) is 10.2 Å². The van der Waals surface area contributed by atoms with Gasteiger partial charge in [0.25, 0.3) is 0 Å². The number of carbonyl (C=O) groups is 1. The van der Waals surface area contributed by atoms with Crippen molar-refractivity contribution in [3.05, 3.63) is 0 Å². The predicted molar refractivity (Wildman–Crippen MR) is 70.2 cm³/mol. The lowest BCUT2D eigenvalue weighted by Crippen LogP contribution is -2.40. The van der Waals surface area contributed by atoms with E-state index in [9.17, 15) is 4.79 Å². The molecule has 0 aliphatic rings. The van der Waals surface area contributed by atoms with Crippen molar-refractivity contribution in [3.8, 4) is 0 Å². The average molecular weight is 245 g/mol. The molecule has 17 heavy (non-hydrogen) atoms. The summed E-state index contributed by atoms with van der Waals surface area (Å²) >= 11 is 0. The highest BCUT2D eigenvalue weighted by atomic mass is 16.5. The number of nitrogens with one attached hydrogen (secondary N) is 1. The first-order valence-corrected chi connectivity index (χ1v) is 6.31.